The summed E-state index contributed by atoms with van der Waals surface area (Å²) in [6.07, 6.45) is 0. The Morgan fingerprint density at radius 2 is 2.06 bits per heavy atom. The maximum atomic E-state index is 11.7. The first kappa shape index (κ1) is 11.6. The van der Waals surface area contributed by atoms with Crippen molar-refractivity contribution in [2.45, 2.75) is 13.0 Å². The van der Waals surface area contributed by atoms with Crippen molar-refractivity contribution in [3.8, 4) is 0 Å². The molecule has 0 spiro atoms. The van der Waals surface area contributed by atoms with E-state index in [2.05, 4.69) is 26.6 Å². The van der Waals surface area contributed by atoms with Gasteiger partial charge in [0.2, 0.25) is 5.91 Å². The molecule has 0 aromatic heterocycles. The van der Waals surface area contributed by atoms with Crippen molar-refractivity contribution in [1.82, 2.24) is 10.6 Å². The lowest BCUT2D eigenvalue weighted by molar-refractivity contribution is -0.127. The summed E-state index contributed by atoms with van der Waals surface area (Å²) in [6, 6.07) is 8.09. The zero-order valence-electron chi connectivity index (χ0n) is 9.16. The fourth-order valence-corrected chi connectivity index (χ4v) is 1.90. The molecule has 0 bridgehead atoms. The van der Waals surface area contributed by atoms with Gasteiger partial charge in [-0.05, 0) is 24.6 Å². The van der Waals surface area contributed by atoms with E-state index in [1.807, 2.05) is 31.2 Å². The highest BCUT2D eigenvalue weighted by molar-refractivity contribution is 9.10. The third-order valence-corrected chi connectivity index (χ3v) is 3.41. The fraction of sp³-hybridized carbons (Fsp3) is 0.417. The van der Waals surface area contributed by atoms with Gasteiger partial charge in [0.25, 0.3) is 0 Å². The molecule has 0 aliphatic carbocycles. The monoisotopic (exact) mass is 282 g/mol. The van der Waals surface area contributed by atoms with Crippen LogP contribution in [0.15, 0.2) is 28.7 Å². The van der Waals surface area contributed by atoms with Crippen LogP contribution in [0.2, 0.25) is 0 Å². The van der Waals surface area contributed by atoms with Crippen molar-refractivity contribution in [1.29, 1.82) is 0 Å². The number of carbonyl (C=O) groups is 1. The Balaban J connectivity index is 1.94. The molecule has 0 saturated carbocycles. The Hall–Kier alpha value is -0.870. The number of hydrogen-bond acceptors (Lipinski definition) is 2. The standard InChI is InChI=1S/C12H15BrN2O/c1-8(9-2-4-11(13)5-3-9)15-12(16)10-6-14-7-10/h2-5,8,10,14H,6-7H2,1H3,(H,15,16)/t8-/m0/s1. The molecule has 0 radical (unpaired) electrons. The molecule has 1 fully saturated rings. The molecule has 86 valence electrons. The van der Waals surface area contributed by atoms with Crippen LogP contribution < -0.4 is 10.6 Å². The van der Waals surface area contributed by atoms with Crippen molar-refractivity contribution in [2.24, 2.45) is 5.92 Å². The molecule has 1 aliphatic heterocycles. The molecule has 1 aromatic carbocycles. The minimum Gasteiger partial charge on any atom is -0.349 e. The molecule has 1 saturated heterocycles. The van der Waals surface area contributed by atoms with E-state index < -0.39 is 0 Å². The van der Waals surface area contributed by atoms with E-state index in [4.69, 9.17) is 0 Å². The van der Waals surface area contributed by atoms with E-state index in [1.54, 1.807) is 0 Å². The van der Waals surface area contributed by atoms with Gasteiger partial charge in [0.05, 0.1) is 12.0 Å². The van der Waals surface area contributed by atoms with Gasteiger partial charge < -0.3 is 10.6 Å². The Bertz CT molecular complexity index is 373. The van der Waals surface area contributed by atoms with Gasteiger partial charge in [-0.15, -0.1) is 0 Å². The van der Waals surface area contributed by atoms with E-state index in [0.717, 1.165) is 23.1 Å². The summed E-state index contributed by atoms with van der Waals surface area (Å²) in [5, 5.41) is 6.12. The van der Waals surface area contributed by atoms with Gasteiger partial charge in [-0.25, -0.2) is 0 Å². The molecular formula is C12H15BrN2O. The average molecular weight is 283 g/mol. The van der Waals surface area contributed by atoms with Gasteiger partial charge in [-0.2, -0.15) is 0 Å². The molecule has 2 rings (SSSR count). The Labute approximate surface area is 104 Å². The van der Waals surface area contributed by atoms with Crippen molar-refractivity contribution in [3.63, 3.8) is 0 Å². The third-order valence-electron chi connectivity index (χ3n) is 2.88. The highest BCUT2D eigenvalue weighted by Gasteiger charge is 2.25. The van der Waals surface area contributed by atoms with Crippen LogP contribution in [-0.2, 0) is 4.79 Å². The quantitative estimate of drug-likeness (QED) is 0.889. The Kier molecular flexibility index (Phi) is 3.61. The smallest absolute Gasteiger partial charge is 0.226 e. The van der Waals surface area contributed by atoms with Gasteiger partial charge in [-0.1, -0.05) is 28.1 Å². The maximum absolute atomic E-state index is 11.7. The van der Waals surface area contributed by atoms with Crippen LogP contribution in [0.3, 0.4) is 0 Å². The van der Waals surface area contributed by atoms with Crippen LogP contribution in [0.1, 0.15) is 18.5 Å². The van der Waals surface area contributed by atoms with E-state index in [0.29, 0.717) is 0 Å². The first-order valence-electron chi connectivity index (χ1n) is 5.43. The van der Waals surface area contributed by atoms with Gasteiger partial charge in [0.15, 0.2) is 0 Å². The molecular weight excluding hydrogens is 268 g/mol. The van der Waals surface area contributed by atoms with Crippen molar-refractivity contribution < 1.29 is 4.79 Å². The second-order valence-corrected chi connectivity index (χ2v) is 5.05. The zero-order valence-corrected chi connectivity index (χ0v) is 10.8. The van der Waals surface area contributed by atoms with Gasteiger partial charge in [0, 0.05) is 17.6 Å². The summed E-state index contributed by atoms with van der Waals surface area (Å²) in [5.74, 6) is 0.298. The summed E-state index contributed by atoms with van der Waals surface area (Å²) in [7, 11) is 0. The summed E-state index contributed by atoms with van der Waals surface area (Å²) in [4.78, 5) is 11.7. The normalized spacial score (nSPS) is 17.6. The zero-order chi connectivity index (χ0) is 11.5. The largest absolute Gasteiger partial charge is 0.349 e. The van der Waals surface area contributed by atoms with Crippen LogP contribution in [0, 0.1) is 5.92 Å². The lowest BCUT2D eigenvalue weighted by atomic mass is 10.0. The molecule has 1 amide bonds. The molecule has 1 aliphatic rings. The van der Waals surface area contributed by atoms with Crippen molar-refractivity contribution in [2.75, 3.05) is 13.1 Å². The molecule has 1 heterocycles. The van der Waals surface area contributed by atoms with Gasteiger partial charge >= 0.3 is 0 Å². The van der Waals surface area contributed by atoms with Crippen LogP contribution in [-0.4, -0.2) is 19.0 Å². The maximum Gasteiger partial charge on any atom is 0.226 e. The van der Waals surface area contributed by atoms with Crippen LogP contribution >= 0.6 is 15.9 Å². The molecule has 4 heteroatoms. The Morgan fingerprint density at radius 3 is 2.56 bits per heavy atom. The number of hydrogen-bond donors (Lipinski definition) is 2. The average Bonchev–Trinajstić information content (AvgIpc) is 2.15. The number of carbonyl (C=O) groups excluding carboxylic acids is 1. The summed E-state index contributed by atoms with van der Waals surface area (Å²) >= 11 is 3.39. The minimum absolute atomic E-state index is 0.0706. The minimum atomic E-state index is 0.0706. The van der Waals surface area contributed by atoms with E-state index in [-0.39, 0.29) is 17.9 Å². The number of nitrogens with one attached hydrogen (secondary N) is 2. The Morgan fingerprint density at radius 1 is 1.44 bits per heavy atom. The first-order chi connectivity index (χ1) is 7.66. The summed E-state index contributed by atoms with van der Waals surface area (Å²) in [5.41, 5.74) is 1.13. The molecule has 1 atom stereocenters. The predicted molar refractivity (Wildman–Crippen MR) is 67.1 cm³/mol. The lowest BCUT2D eigenvalue weighted by Crippen LogP contribution is -2.51. The molecule has 0 unspecified atom stereocenters. The van der Waals surface area contributed by atoms with E-state index in [9.17, 15) is 4.79 Å². The topological polar surface area (TPSA) is 41.1 Å². The number of benzene rings is 1. The van der Waals surface area contributed by atoms with Crippen molar-refractivity contribution >= 4 is 21.8 Å². The number of halogens is 1. The van der Waals surface area contributed by atoms with Crippen LogP contribution in [0.5, 0.6) is 0 Å². The fourth-order valence-electron chi connectivity index (χ4n) is 1.64. The lowest BCUT2D eigenvalue weighted by Gasteiger charge is -2.27. The predicted octanol–water partition coefficient (Wildman–Crippen LogP) is 1.85. The SMILES string of the molecule is C[C@H](NC(=O)C1CNC1)c1ccc(Br)cc1. The second-order valence-electron chi connectivity index (χ2n) is 4.14. The third kappa shape index (κ3) is 2.62. The van der Waals surface area contributed by atoms with Gasteiger partial charge in [0.1, 0.15) is 0 Å². The molecule has 16 heavy (non-hydrogen) atoms. The number of amides is 1. The van der Waals surface area contributed by atoms with Crippen molar-refractivity contribution in [3.05, 3.63) is 34.3 Å². The highest BCUT2D eigenvalue weighted by atomic mass is 79.9. The van der Waals surface area contributed by atoms with Crippen LogP contribution in [0.4, 0.5) is 0 Å². The summed E-state index contributed by atoms with van der Waals surface area (Å²) in [6.45, 7) is 3.62. The number of rotatable bonds is 3. The highest BCUT2D eigenvalue weighted by Crippen LogP contribution is 2.17. The second kappa shape index (κ2) is 4.97. The van der Waals surface area contributed by atoms with E-state index >= 15 is 0 Å². The first-order valence-corrected chi connectivity index (χ1v) is 6.22. The molecule has 2 N–H and O–H groups in total. The molecule has 3 nitrogen and oxygen atoms in total. The molecule has 1 aromatic rings. The van der Waals surface area contributed by atoms with E-state index in [1.165, 1.54) is 0 Å². The summed E-state index contributed by atoms with van der Waals surface area (Å²) < 4.78 is 1.05. The van der Waals surface area contributed by atoms with Crippen LogP contribution in [0.25, 0.3) is 0 Å². The van der Waals surface area contributed by atoms with Gasteiger partial charge in [-0.3, -0.25) is 4.79 Å².